The van der Waals surface area contributed by atoms with E-state index in [2.05, 4.69) is 44.2 Å². The van der Waals surface area contributed by atoms with Crippen LogP contribution < -0.4 is 0 Å². The van der Waals surface area contributed by atoms with Crippen molar-refractivity contribution in [3.63, 3.8) is 0 Å². The summed E-state index contributed by atoms with van der Waals surface area (Å²) < 4.78 is 1.04. The van der Waals surface area contributed by atoms with Crippen LogP contribution >= 0.6 is 15.9 Å². The molecule has 0 saturated heterocycles. The normalized spacial score (nSPS) is 16.4. The summed E-state index contributed by atoms with van der Waals surface area (Å²) in [5.41, 5.74) is 3.77. The predicted octanol–water partition coefficient (Wildman–Crippen LogP) is 4.28. The van der Waals surface area contributed by atoms with E-state index in [-0.39, 0.29) is 0 Å². The van der Waals surface area contributed by atoms with Crippen molar-refractivity contribution in [3.05, 3.63) is 34.6 Å². The van der Waals surface area contributed by atoms with Gasteiger partial charge in [0.05, 0.1) is 0 Å². The highest BCUT2D eigenvalue weighted by molar-refractivity contribution is 9.10. The molecule has 0 amide bonds. The van der Waals surface area contributed by atoms with E-state index in [0.29, 0.717) is 0 Å². The number of aromatic amines is 1. The van der Waals surface area contributed by atoms with Gasteiger partial charge >= 0.3 is 0 Å². The van der Waals surface area contributed by atoms with E-state index in [1.165, 1.54) is 42.2 Å². The van der Waals surface area contributed by atoms with Gasteiger partial charge in [0.2, 0.25) is 0 Å². The molecule has 0 atom stereocenters. The molecule has 82 valence electrons. The van der Waals surface area contributed by atoms with Gasteiger partial charge in [0.15, 0.2) is 0 Å². The number of nitrogens with one attached hydrogen (secondary N) is 1. The Morgan fingerprint density at radius 3 is 3.06 bits per heavy atom. The Balaban J connectivity index is 2.16. The maximum atomic E-state index is 4.37. The molecular formula is C13H13BrN2. The Bertz CT molecular complexity index is 554. The molecule has 16 heavy (non-hydrogen) atoms. The minimum Gasteiger partial charge on any atom is -0.346 e. The molecule has 3 rings (SSSR count). The topological polar surface area (TPSA) is 28.7 Å². The highest BCUT2D eigenvalue weighted by atomic mass is 79.9. The second kappa shape index (κ2) is 4.06. The number of H-pyrrole nitrogens is 1. The zero-order valence-corrected chi connectivity index (χ0v) is 10.5. The second-order valence-corrected chi connectivity index (χ2v) is 5.14. The number of hydrogen-bond donors (Lipinski definition) is 1. The van der Waals surface area contributed by atoms with Crippen molar-refractivity contribution in [1.82, 2.24) is 9.97 Å². The highest BCUT2D eigenvalue weighted by Gasteiger charge is 2.11. The molecule has 0 fully saturated rings. The van der Waals surface area contributed by atoms with Crippen molar-refractivity contribution < 1.29 is 0 Å². The van der Waals surface area contributed by atoms with Gasteiger partial charge in [0.1, 0.15) is 5.65 Å². The Labute approximate surface area is 103 Å². The molecule has 1 aliphatic carbocycles. The van der Waals surface area contributed by atoms with E-state index < -0.39 is 0 Å². The molecule has 2 heterocycles. The Kier molecular flexibility index (Phi) is 2.56. The molecule has 1 N–H and O–H groups in total. The molecule has 0 aliphatic heterocycles. The molecule has 0 unspecified atom stereocenters. The number of fused-ring (bicyclic) bond motifs is 1. The summed E-state index contributed by atoms with van der Waals surface area (Å²) >= 11 is 3.48. The van der Waals surface area contributed by atoms with Crippen LogP contribution in [0.3, 0.4) is 0 Å². The number of halogens is 1. The average Bonchev–Trinajstić information content (AvgIpc) is 2.73. The van der Waals surface area contributed by atoms with Crippen molar-refractivity contribution in [1.29, 1.82) is 0 Å². The summed E-state index contributed by atoms with van der Waals surface area (Å²) in [6.45, 7) is 0. The van der Waals surface area contributed by atoms with Crippen molar-refractivity contribution in [2.45, 2.75) is 25.7 Å². The number of pyridine rings is 1. The Hall–Kier alpha value is -1.09. The van der Waals surface area contributed by atoms with Gasteiger partial charge in [-0.15, -0.1) is 0 Å². The largest absolute Gasteiger partial charge is 0.346 e. The molecule has 3 heteroatoms. The SMILES string of the molecule is Brc1cnc2[nH]cc(C3=CCCCC3)c2c1. The monoisotopic (exact) mass is 276 g/mol. The summed E-state index contributed by atoms with van der Waals surface area (Å²) in [6, 6.07) is 2.14. The van der Waals surface area contributed by atoms with Crippen molar-refractivity contribution in [2.75, 3.05) is 0 Å². The summed E-state index contributed by atoms with van der Waals surface area (Å²) in [5, 5.41) is 1.22. The molecule has 0 bridgehead atoms. The number of aromatic nitrogens is 2. The molecule has 2 nitrogen and oxygen atoms in total. The van der Waals surface area contributed by atoms with Crippen LogP contribution in [-0.2, 0) is 0 Å². The summed E-state index contributed by atoms with van der Waals surface area (Å²) in [4.78, 5) is 7.61. The Morgan fingerprint density at radius 1 is 1.31 bits per heavy atom. The first-order chi connectivity index (χ1) is 7.84. The van der Waals surface area contributed by atoms with Crippen LogP contribution in [-0.4, -0.2) is 9.97 Å². The Morgan fingerprint density at radius 2 is 2.25 bits per heavy atom. The highest BCUT2D eigenvalue weighted by Crippen LogP contribution is 2.32. The maximum Gasteiger partial charge on any atom is 0.137 e. The third kappa shape index (κ3) is 1.69. The maximum absolute atomic E-state index is 4.37. The first-order valence-electron chi connectivity index (χ1n) is 5.66. The minimum atomic E-state index is 0.977. The lowest BCUT2D eigenvalue weighted by atomic mass is 9.94. The fraction of sp³-hybridized carbons (Fsp3) is 0.308. The number of nitrogens with zero attached hydrogens (tertiary/aromatic N) is 1. The second-order valence-electron chi connectivity index (χ2n) is 4.23. The summed E-state index contributed by atoms with van der Waals surface area (Å²) in [6.07, 6.45) is 11.3. The zero-order chi connectivity index (χ0) is 11.0. The van der Waals surface area contributed by atoms with E-state index in [1.807, 2.05) is 6.20 Å². The lowest BCUT2D eigenvalue weighted by molar-refractivity contribution is 0.742. The number of allylic oxidation sites excluding steroid dienone is 2. The van der Waals surface area contributed by atoms with Gasteiger partial charge in [0, 0.05) is 27.8 Å². The number of hydrogen-bond acceptors (Lipinski definition) is 1. The molecule has 0 saturated carbocycles. The first kappa shape index (κ1) is 10.1. The molecule has 2 aromatic heterocycles. The van der Waals surface area contributed by atoms with Crippen LogP contribution in [0.25, 0.3) is 16.6 Å². The molecule has 0 spiro atoms. The lowest BCUT2D eigenvalue weighted by Gasteiger charge is -2.11. The van der Waals surface area contributed by atoms with Crippen molar-refractivity contribution in [3.8, 4) is 0 Å². The van der Waals surface area contributed by atoms with Gasteiger partial charge in [-0.25, -0.2) is 4.98 Å². The molecule has 2 aromatic rings. The van der Waals surface area contributed by atoms with Gasteiger partial charge in [-0.3, -0.25) is 0 Å². The molecule has 0 aromatic carbocycles. The van der Waals surface area contributed by atoms with Crippen LogP contribution in [0.1, 0.15) is 31.2 Å². The summed E-state index contributed by atoms with van der Waals surface area (Å²) in [7, 11) is 0. The lowest BCUT2D eigenvalue weighted by Crippen LogP contribution is -1.90. The van der Waals surface area contributed by atoms with Crippen LogP contribution in [0, 0.1) is 0 Å². The quantitative estimate of drug-likeness (QED) is 0.827. The summed E-state index contributed by atoms with van der Waals surface area (Å²) in [5.74, 6) is 0. The average molecular weight is 277 g/mol. The molecule has 0 radical (unpaired) electrons. The van der Waals surface area contributed by atoms with E-state index in [4.69, 9.17) is 0 Å². The number of rotatable bonds is 1. The van der Waals surface area contributed by atoms with Gasteiger partial charge in [-0.05, 0) is 53.3 Å². The van der Waals surface area contributed by atoms with Crippen molar-refractivity contribution in [2.24, 2.45) is 0 Å². The third-order valence-electron chi connectivity index (χ3n) is 3.13. The molecule has 1 aliphatic rings. The van der Waals surface area contributed by atoms with Crippen LogP contribution in [0.15, 0.2) is 29.0 Å². The van der Waals surface area contributed by atoms with Crippen LogP contribution in [0.2, 0.25) is 0 Å². The van der Waals surface area contributed by atoms with E-state index in [1.54, 1.807) is 0 Å². The third-order valence-corrected chi connectivity index (χ3v) is 3.57. The van der Waals surface area contributed by atoms with Gasteiger partial charge < -0.3 is 4.98 Å². The van der Waals surface area contributed by atoms with Crippen LogP contribution in [0.5, 0.6) is 0 Å². The smallest absolute Gasteiger partial charge is 0.137 e. The first-order valence-corrected chi connectivity index (χ1v) is 6.46. The molecular weight excluding hydrogens is 264 g/mol. The van der Waals surface area contributed by atoms with E-state index in [0.717, 1.165) is 10.1 Å². The predicted molar refractivity (Wildman–Crippen MR) is 70.2 cm³/mol. The van der Waals surface area contributed by atoms with Crippen LogP contribution in [0.4, 0.5) is 0 Å². The zero-order valence-electron chi connectivity index (χ0n) is 8.96. The van der Waals surface area contributed by atoms with E-state index in [9.17, 15) is 0 Å². The minimum absolute atomic E-state index is 0.977. The van der Waals surface area contributed by atoms with Crippen molar-refractivity contribution >= 4 is 32.5 Å². The fourth-order valence-electron chi connectivity index (χ4n) is 2.33. The van der Waals surface area contributed by atoms with Gasteiger partial charge in [0.25, 0.3) is 0 Å². The van der Waals surface area contributed by atoms with Gasteiger partial charge in [-0.2, -0.15) is 0 Å². The standard InChI is InChI=1S/C13H13BrN2/c14-10-6-11-12(8-16-13(11)15-7-10)9-4-2-1-3-5-9/h4,6-8H,1-3,5H2,(H,15,16). The van der Waals surface area contributed by atoms with E-state index >= 15 is 0 Å². The fourth-order valence-corrected chi connectivity index (χ4v) is 2.66. The van der Waals surface area contributed by atoms with Gasteiger partial charge in [-0.1, -0.05) is 6.08 Å².